The highest BCUT2D eigenvalue weighted by atomic mass is 19.4. The van der Waals surface area contributed by atoms with Gasteiger partial charge in [-0.3, -0.25) is 0 Å². The van der Waals surface area contributed by atoms with Crippen LogP contribution < -0.4 is 10.6 Å². The topological polar surface area (TPSA) is 59.1 Å². The summed E-state index contributed by atoms with van der Waals surface area (Å²) in [5.41, 5.74) is 0. The summed E-state index contributed by atoms with van der Waals surface area (Å²) in [6.07, 6.45) is -2.58. The first-order valence-electron chi connectivity index (χ1n) is 7.01. The van der Waals surface area contributed by atoms with Crippen LogP contribution in [0.1, 0.15) is 25.6 Å². The number of hydrogen-bond acceptors (Lipinski definition) is 5. The number of nitrogens with zero attached hydrogens (tertiary/aromatic N) is 2. The van der Waals surface area contributed by atoms with Crippen molar-refractivity contribution >= 4 is 11.6 Å². The van der Waals surface area contributed by atoms with Crippen molar-refractivity contribution in [3.05, 3.63) is 11.9 Å². The van der Waals surface area contributed by atoms with Crippen LogP contribution in [0.25, 0.3) is 0 Å². The molecule has 0 bridgehead atoms. The minimum Gasteiger partial charge on any atom is -0.381 e. The number of ether oxygens (including phenoxy) is 1. The van der Waals surface area contributed by atoms with Gasteiger partial charge in [-0.05, 0) is 25.7 Å². The Bertz CT molecular complexity index is 461. The third-order valence-electron chi connectivity index (χ3n) is 3.16. The average molecular weight is 304 g/mol. The van der Waals surface area contributed by atoms with Crippen molar-refractivity contribution < 1.29 is 17.9 Å². The van der Waals surface area contributed by atoms with Crippen molar-refractivity contribution in [2.45, 2.75) is 25.9 Å². The standard InChI is InChI=1S/C13H19F3N4O/c1-2-17-10-6-11(20-12(19-10)13(14,15)16)18-7-9-4-3-5-21-8-9/h6,9H,2-5,7-8H2,1H3,(H2,17,18,19,20). The molecule has 1 fully saturated rings. The molecule has 2 heterocycles. The van der Waals surface area contributed by atoms with E-state index in [0.717, 1.165) is 19.4 Å². The smallest absolute Gasteiger partial charge is 0.381 e. The van der Waals surface area contributed by atoms with Crippen LogP contribution in [0.5, 0.6) is 0 Å². The molecule has 1 aromatic rings. The molecule has 1 aliphatic rings. The summed E-state index contributed by atoms with van der Waals surface area (Å²) in [5, 5.41) is 5.74. The van der Waals surface area contributed by atoms with Gasteiger partial charge in [0, 0.05) is 25.8 Å². The molecule has 5 nitrogen and oxygen atoms in total. The van der Waals surface area contributed by atoms with Crippen LogP contribution in [0.4, 0.5) is 24.8 Å². The van der Waals surface area contributed by atoms with Gasteiger partial charge >= 0.3 is 6.18 Å². The lowest BCUT2D eigenvalue weighted by Crippen LogP contribution is -2.25. The average Bonchev–Trinajstić information content (AvgIpc) is 2.45. The van der Waals surface area contributed by atoms with Gasteiger partial charge in [0.15, 0.2) is 0 Å². The summed E-state index contributed by atoms with van der Waals surface area (Å²) in [6.45, 7) is 4.21. The normalized spacial score (nSPS) is 19.3. The fourth-order valence-corrected chi connectivity index (χ4v) is 2.15. The van der Waals surface area contributed by atoms with Crippen molar-refractivity contribution in [2.75, 3.05) is 36.9 Å². The van der Waals surface area contributed by atoms with Crippen LogP contribution >= 0.6 is 0 Å². The Morgan fingerprint density at radius 1 is 1.29 bits per heavy atom. The zero-order chi connectivity index (χ0) is 15.3. The molecular formula is C13H19F3N4O. The molecule has 1 aliphatic heterocycles. The molecule has 0 saturated carbocycles. The lowest BCUT2D eigenvalue weighted by molar-refractivity contribution is -0.144. The number of hydrogen-bond donors (Lipinski definition) is 2. The molecule has 21 heavy (non-hydrogen) atoms. The quantitative estimate of drug-likeness (QED) is 0.876. The van der Waals surface area contributed by atoms with Gasteiger partial charge in [0.1, 0.15) is 11.6 Å². The number of rotatable bonds is 5. The first-order valence-corrected chi connectivity index (χ1v) is 7.01. The fourth-order valence-electron chi connectivity index (χ4n) is 2.15. The highest BCUT2D eigenvalue weighted by Gasteiger charge is 2.35. The molecule has 0 aromatic carbocycles. The molecule has 2 N–H and O–H groups in total. The van der Waals surface area contributed by atoms with Crippen molar-refractivity contribution in [3.63, 3.8) is 0 Å². The SMILES string of the molecule is CCNc1cc(NCC2CCCOC2)nc(C(F)(F)F)n1. The van der Waals surface area contributed by atoms with Crippen molar-refractivity contribution in [2.24, 2.45) is 5.92 Å². The molecule has 118 valence electrons. The minimum atomic E-state index is -4.56. The van der Waals surface area contributed by atoms with Crippen LogP contribution in [-0.2, 0) is 10.9 Å². The summed E-state index contributed by atoms with van der Waals surface area (Å²) >= 11 is 0. The van der Waals surface area contributed by atoms with Crippen molar-refractivity contribution in [1.29, 1.82) is 0 Å². The summed E-state index contributed by atoms with van der Waals surface area (Å²) in [7, 11) is 0. The van der Waals surface area contributed by atoms with Gasteiger partial charge in [-0.1, -0.05) is 0 Å². The second kappa shape index (κ2) is 6.93. The number of anilines is 2. The van der Waals surface area contributed by atoms with E-state index in [2.05, 4.69) is 20.6 Å². The molecule has 8 heteroatoms. The third kappa shape index (κ3) is 4.73. The van der Waals surface area contributed by atoms with E-state index in [1.54, 1.807) is 6.92 Å². The Kier molecular flexibility index (Phi) is 5.22. The van der Waals surface area contributed by atoms with E-state index in [1.807, 2.05) is 0 Å². The van der Waals surface area contributed by atoms with Crippen LogP contribution in [-0.4, -0.2) is 36.3 Å². The summed E-state index contributed by atoms with van der Waals surface area (Å²) in [4.78, 5) is 7.02. The Morgan fingerprint density at radius 3 is 2.57 bits per heavy atom. The predicted octanol–water partition coefficient (Wildman–Crippen LogP) is 2.77. The lowest BCUT2D eigenvalue weighted by Gasteiger charge is -2.22. The number of aromatic nitrogens is 2. The van der Waals surface area contributed by atoms with Crippen LogP contribution in [0.15, 0.2) is 6.07 Å². The van der Waals surface area contributed by atoms with Crippen molar-refractivity contribution in [3.8, 4) is 0 Å². The first-order chi connectivity index (χ1) is 9.99. The van der Waals surface area contributed by atoms with E-state index in [4.69, 9.17) is 4.74 Å². The van der Waals surface area contributed by atoms with Crippen LogP contribution in [0.2, 0.25) is 0 Å². The number of alkyl halides is 3. The molecule has 0 spiro atoms. The summed E-state index contributed by atoms with van der Waals surface area (Å²) in [5.74, 6) is -0.491. The maximum Gasteiger partial charge on any atom is 0.451 e. The van der Waals surface area contributed by atoms with E-state index >= 15 is 0 Å². The molecule has 0 radical (unpaired) electrons. The van der Waals surface area contributed by atoms with Gasteiger partial charge in [0.2, 0.25) is 5.82 Å². The largest absolute Gasteiger partial charge is 0.451 e. The summed E-state index contributed by atoms with van der Waals surface area (Å²) < 4.78 is 43.7. The van der Waals surface area contributed by atoms with Gasteiger partial charge in [0.25, 0.3) is 0 Å². The van der Waals surface area contributed by atoms with Gasteiger partial charge in [0.05, 0.1) is 6.61 Å². The van der Waals surface area contributed by atoms with Gasteiger partial charge < -0.3 is 15.4 Å². The van der Waals surface area contributed by atoms with Gasteiger partial charge in [-0.25, -0.2) is 9.97 Å². The van der Waals surface area contributed by atoms with E-state index < -0.39 is 12.0 Å². The molecular weight excluding hydrogens is 285 g/mol. The van der Waals surface area contributed by atoms with Gasteiger partial charge in [-0.15, -0.1) is 0 Å². The lowest BCUT2D eigenvalue weighted by atomic mass is 10.0. The van der Waals surface area contributed by atoms with E-state index in [0.29, 0.717) is 25.6 Å². The minimum absolute atomic E-state index is 0.169. The number of halogens is 3. The Labute approximate surface area is 121 Å². The molecule has 1 atom stereocenters. The molecule has 0 amide bonds. The summed E-state index contributed by atoms with van der Waals surface area (Å²) in [6, 6.07) is 1.49. The molecule has 1 aromatic heterocycles. The second-order valence-corrected chi connectivity index (χ2v) is 4.95. The number of nitrogens with one attached hydrogen (secondary N) is 2. The molecule has 2 rings (SSSR count). The zero-order valence-electron chi connectivity index (χ0n) is 11.8. The maximum absolute atomic E-state index is 12.8. The monoisotopic (exact) mass is 304 g/mol. The van der Waals surface area contributed by atoms with Crippen molar-refractivity contribution in [1.82, 2.24) is 9.97 Å². The predicted molar refractivity (Wildman–Crippen MR) is 73.2 cm³/mol. The Hall–Kier alpha value is -1.57. The third-order valence-corrected chi connectivity index (χ3v) is 3.16. The first kappa shape index (κ1) is 15.8. The molecule has 1 saturated heterocycles. The maximum atomic E-state index is 12.8. The molecule has 0 aliphatic carbocycles. The van der Waals surface area contributed by atoms with E-state index in [9.17, 15) is 13.2 Å². The van der Waals surface area contributed by atoms with E-state index in [1.165, 1.54) is 6.07 Å². The fraction of sp³-hybridized carbons (Fsp3) is 0.692. The zero-order valence-corrected chi connectivity index (χ0v) is 11.8. The molecule has 1 unspecified atom stereocenters. The highest BCUT2D eigenvalue weighted by molar-refractivity contribution is 5.47. The second-order valence-electron chi connectivity index (χ2n) is 4.95. The van der Waals surface area contributed by atoms with Gasteiger partial charge in [-0.2, -0.15) is 13.2 Å². The van der Waals surface area contributed by atoms with E-state index in [-0.39, 0.29) is 11.6 Å². The Morgan fingerprint density at radius 2 is 2.00 bits per heavy atom. The Balaban J connectivity index is 2.07. The highest BCUT2D eigenvalue weighted by Crippen LogP contribution is 2.28. The van der Waals surface area contributed by atoms with Crippen LogP contribution in [0, 0.1) is 5.92 Å². The van der Waals surface area contributed by atoms with Crippen LogP contribution in [0.3, 0.4) is 0 Å².